The van der Waals surface area contributed by atoms with Crippen LogP contribution in [0.1, 0.15) is 68.1 Å². The average molecular weight is 405 g/mol. The molecule has 3 rings (SSSR count). The Kier molecular flexibility index (Phi) is 5.78. The molecule has 0 radical (unpaired) electrons. The molecule has 134 valence electrons. The van der Waals surface area contributed by atoms with E-state index in [0.29, 0.717) is 11.7 Å². The second-order valence-electron chi connectivity index (χ2n) is 6.97. The van der Waals surface area contributed by atoms with Crippen molar-refractivity contribution in [1.29, 1.82) is 0 Å². The predicted octanol–water partition coefficient (Wildman–Crippen LogP) is 5.29. The van der Waals surface area contributed by atoms with Crippen LogP contribution < -0.4 is 10.6 Å². The lowest BCUT2D eigenvalue weighted by molar-refractivity contribution is 0.102. The van der Waals surface area contributed by atoms with E-state index in [1.165, 1.54) is 32.1 Å². The van der Waals surface area contributed by atoms with Crippen molar-refractivity contribution in [3.8, 4) is 0 Å². The van der Waals surface area contributed by atoms with Crippen LogP contribution in [0.25, 0.3) is 0 Å². The summed E-state index contributed by atoms with van der Waals surface area (Å²) in [5, 5.41) is 13.5. The number of carbonyl (C=O) groups excluding carboxylic acids is 1. The van der Waals surface area contributed by atoms with Crippen molar-refractivity contribution in [2.24, 2.45) is 0 Å². The molecule has 0 aliphatic heterocycles. The molecule has 1 fully saturated rings. The van der Waals surface area contributed by atoms with Crippen LogP contribution in [0.15, 0.2) is 28.7 Å². The molecular formula is C19H25BrN4O. The van der Waals surface area contributed by atoms with Gasteiger partial charge in [-0.3, -0.25) is 9.89 Å². The fourth-order valence-electron chi connectivity index (χ4n) is 3.20. The molecule has 0 spiro atoms. The van der Waals surface area contributed by atoms with Crippen molar-refractivity contribution in [2.75, 3.05) is 10.6 Å². The van der Waals surface area contributed by atoms with Gasteiger partial charge in [-0.25, -0.2) is 0 Å². The number of nitrogens with one attached hydrogen (secondary N) is 3. The van der Waals surface area contributed by atoms with E-state index in [1.807, 2.05) is 24.3 Å². The molecule has 0 unspecified atom stereocenters. The lowest BCUT2D eigenvalue weighted by Gasteiger charge is -2.23. The number of hydrogen-bond donors (Lipinski definition) is 3. The molecule has 2 aromatic rings. The first kappa shape index (κ1) is 18.0. The highest BCUT2D eigenvalue weighted by Crippen LogP contribution is 2.26. The topological polar surface area (TPSA) is 69.8 Å². The number of aromatic amines is 1. The number of anilines is 2. The van der Waals surface area contributed by atoms with Crippen LogP contribution in [0.4, 0.5) is 11.4 Å². The van der Waals surface area contributed by atoms with E-state index < -0.39 is 0 Å². The summed E-state index contributed by atoms with van der Waals surface area (Å²) in [5.41, 5.74) is 3.18. The summed E-state index contributed by atoms with van der Waals surface area (Å²) >= 11 is 3.47. The Labute approximate surface area is 157 Å². The van der Waals surface area contributed by atoms with Crippen LogP contribution in [-0.4, -0.2) is 22.1 Å². The molecule has 1 aromatic carbocycles. The van der Waals surface area contributed by atoms with E-state index in [2.05, 4.69) is 50.6 Å². The Balaban J connectivity index is 1.62. The van der Waals surface area contributed by atoms with Gasteiger partial charge in [0, 0.05) is 17.4 Å². The molecule has 1 heterocycles. The standard InChI is InChI=1S/C19H25BrN4O/c1-12(2)17-16(20)18(24-23-17)19(25)22-15-10-8-14(9-11-15)21-13-6-4-3-5-7-13/h8-13,21H,3-7H2,1-2H3,(H,22,25)(H,23,24). The SMILES string of the molecule is CC(C)c1[nH]nc(C(=O)Nc2ccc(NC3CCCCC3)cc2)c1Br. The van der Waals surface area contributed by atoms with Crippen LogP contribution in [0.5, 0.6) is 0 Å². The van der Waals surface area contributed by atoms with Gasteiger partial charge in [-0.2, -0.15) is 5.10 Å². The Bertz CT molecular complexity index is 718. The lowest BCUT2D eigenvalue weighted by atomic mass is 9.95. The van der Waals surface area contributed by atoms with Gasteiger partial charge >= 0.3 is 0 Å². The van der Waals surface area contributed by atoms with Gasteiger partial charge in [0.25, 0.3) is 5.91 Å². The summed E-state index contributed by atoms with van der Waals surface area (Å²) in [4.78, 5) is 12.4. The Hall–Kier alpha value is -1.82. The van der Waals surface area contributed by atoms with Gasteiger partial charge in [0.2, 0.25) is 0 Å². The number of nitrogens with zero attached hydrogens (tertiary/aromatic N) is 1. The third-order valence-corrected chi connectivity index (χ3v) is 5.45. The quantitative estimate of drug-likeness (QED) is 0.633. The zero-order chi connectivity index (χ0) is 17.8. The normalized spacial score (nSPS) is 15.4. The molecule has 25 heavy (non-hydrogen) atoms. The second-order valence-corrected chi connectivity index (χ2v) is 7.76. The fourth-order valence-corrected chi connectivity index (χ4v) is 4.01. The molecule has 1 saturated carbocycles. The van der Waals surface area contributed by atoms with Crippen molar-refractivity contribution in [3.63, 3.8) is 0 Å². The maximum atomic E-state index is 12.4. The van der Waals surface area contributed by atoms with Gasteiger partial charge in [0.15, 0.2) is 5.69 Å². The van der Waals surface area contributed by atoms with E-state index in [-0.39, 0.29) is 11.8 Å². The minimum atomic E-state index is -0.219. The van der Waals surface area contributed by atoms with E-state index in [9.17, 15) is 4.79 Å². The third kappa shape index (κ3) is 4.42. The van der Waals surface area contributed by atoms with E-state index in [0.717, 1.165) is 21.5 Å². The predicted molar refractivity (Wildman–Crippen MR) is 105 cm³/mol. The van der Waals surface area contributed by atoms with Crippen molar-refractivity contribution in [2.45, 2.75) is 57.9 Å². The molecule has 0 bridgehead atoms. The number of amides is 1. The Morgan fingerprint density at radius 3 is 2.40 bits per heavy atom. The molecule has 1 aliphatic rings. The summed E-state index contributed by atoms with van der Waals surface area (Å²) in [5.74, 6) is 0.0524. The van der Waals surface area contributed by atoms with Crippen molar-refractivity contribution in [1.82, 2.24) is 10.2 Å². The molecule has 1 aromatic heterocycles. The maximum absolute atomic E-state index is 12.4. The summed E-state index contributed by atoms with van der Waals surface area (Å²) in [6.07, 6.45) is 6.45. The third-order valence-electron chi connectivity index (χ3n) is 4.64. The molecule has 6 heteroatoms. The zero-order valence-corrected chi connectivity index (χ0v) is 16.3. The van der Waals surface area contributed by atoms with Crippen molar-refractivity contribution in [3.05, 3.63) is 40.1 Å². The Morgan fingerprint density at radius 2 is 1.80 bits per heavy atom. The van der Waals surface area contributed by atoms with Gasteiger partial charge in [-0.05, 0) is 59.0 Å². The average Bonchev–Trinajstić information content (AvgIpc) is 2.99. The molecule has 5 nitrogen and oxygen atoms in total. The monoisotopic (exact) mass is 404 g/mol. The van der Waals surface area contributed by atoms with Crippen LogP contribution in [-0.2, 0) is 0 Å². The lowest BCUT2D eigenvalue weighted by Crippen LogP contribution is -2.22. The second kappa shape index (κ2) is 8.04. The molecule has 0 atom stereocenters. The number of carbonyl (C=O) groups is 1. The first-order valence-electron chi connectivity index (χ1n) is 8.96. The molecular weight excluding hydrogens is 380 g/mol. The summed E-state index contributed by atoms with van der Waals surface area (Å²) in [6, 6.07) is 8.45. The van der Waals surface area contributed by atoms with Gasteiger partial charge in [0.05, 0.1) is 10.2 Å². The number of halogens is 1. The number of aromatic nitrogens is 2. The number of H-pyrrole nitrogens is 1. The molecule has 0 saturated heterocycles. The van der Waals surface area contributed by atoms with Gasteiger partial charge in [-0.1, -0.05) is 33.1 Å². The van der Waals surface area contributed by atoms with Crippen LogP contribution in [0.2, 0.25) is 0 Å². The molecule has 1 amide bonds. The van der Waals surface area contributed by atoms with Crippen molar-refractivity contribution >= 4 is 33.2 Å². The first-order valence-corrected chi connectivity index (χ1v) is 9.75. The van der Waals surface area contributed by atoms with E-state index in [1.54, 1.807) is 0 Å². The largest absolute Gasteiger partial charge is 0.382 e. The van der Waals surface area contributed by atoms with Crippen LogP contribution >= 0.6 is 15.9 Å². The summed E-state index contributed by atoms with van der Waals surface area (Å²) in [7, 11) is 0. The van der Waals surface area contributed by atoms with Gasteiger partial charge in [-0.15, -0.1) is 0 Å². The highest BCUT2D eigenvalue weighted by atomic mass is 79.9. The zero-order valence-electron chi connectivity index (χ0n) is 14.7. The van der Waals surface area contributed by atoms with E-state index >= 15 is 0 Å². The smallest absolute Gasteiger partial charge is 0.277 e. The van der Waals surface area contributed by atoms with Crippen molar-refractivity contribution < 1.29 is 4.79 Å². The minimum absolute atomic E-state index is 0.219. The highest BCUT2D eigenvalue weighted by Gasteiger charge is 2.19. The van der Waals surface area contributed by atoms with Gasteiger partial charge in [0.1, 0.15) is 0 Å². The number of hydrogen-bond acceptors (Lipinski definition) is 3. The number of benzene rings is 1. The van der Waals surface area contributed by atoms with Crippen LogP contribution in [0.3, 0.4) is 0 Å². The fraction of sp³-hybridized carbons (Fsp3) is 0.474. The minimum Gasteiger partial charge on any atom is -0.382 e. The number of rotatable bonds is 5. The van der Waals surface area contributed by atoms with E-state index in [4.69, 9.17) is 0 Å². The Morgan fingerprint density at radius 1 is 1.16 bits per heavy atom. The molecule has 1 aliphatic carbocycles. The molecule has 3 N–H and O–H groups in total. The summed E-state index contributed by atoms with van der Waals surface area (Å²) < 4.78 is 0.732. The van der Waals surface area contributed by atoms with Crippen LogP contribution in [0, 0.1) is 0 Å². The summed E-state index contributed by atoms with van der Waals surface area (Å²) in [6.45, 7) is 4.11. The highest BCUT2D eigenvalue weighted by molar-refractivity contribution is 9.10. The maximum Gasteiger partial charge on any atom is 0.277 e. The van der Waals surface area contributed by atoms with Gasteiger partial charge < -0.3 is 10.6 Å². The first-order chi connectivity index (χ1) is 12.0.